The van der Waals surface area contributed by atoms with Crippen LogP contribution in [0.1, 0.15) is 52.4 Å². The Kier molecular flexibility index (Phi) is 7.70. The Morgan fingerprint density at radius 1 is 0.850 bits per heavy atom. The van der Waals surface area contributed by atoms with Crippen LogP contribution in [-0.4, -0.2) is 24.1 Å². The number of allylic oxidation sites excluding steroid dienone is 2. The lowest BCUT2D eigenvalue weighted by Crippen LogP contribution is -2.14. The number of hydrogen-bond donors (Lipinski definition) is 0. The maximum atomic E-state index is 11.5. The molecule has 0 aromatic heterocycles. The highest BCUT2D eigenvalue weighted by molar-refractivity contribution is 5.82. The van der Waals surface area contributed by atoms with E-state index in [1.54, 1.807) is 0 Å². The summed E-state index contributed by atoms with van der Waals surface area (Å²) in [6.45, 7) is 3.77. The Morgan fingerprint density at radius 3 is 1.65 bits per heavy atom. The molecule has 1 aliphatic rings. The van der Waals surface area contributed by atoms with Crippen LogP contribution in [0.3, 0.4) is 0 Å². The summed E-state index contributed by atoms with van der Waals surface area (Å²) in [7, 11) is 0. The fourth-order valence-electron chi connectivity index (χ4n) is 2.00. The predicted octanol–water partition coefficient (Wildman–Crippen LogP) is 3.32. The van der Waals surface area contributed by atoms with E-state index < -0.39 is 0 Å². The molecule has 1 rings (SSSR count). The number of rotatable bonds is 0. The normalized spacial score (nSPS) is 30.1. The van der Waals surface area contributed by atoms with Gasteiger partial charge in [-0.3, -0.25) is 0 Å². The first-order chi connectivity index (χ1) is 9.58. The van der Waals surface area contributed by atoms with E-state index in [2.05, 4.69) is 0 Å². The van der Waals surface area contributed by atoms with Crippen molar-refractivity contribution in [2.45, 2.75) is 64.6 Å². The molecular weight excluding hydrogens is 256 g/mol. The van der Waals surface area contributed by atoms with E-state index in [1.165, 1.54) is 12.2 Å². The van der Waals surface area contributed by atoms with E-state index in [1.807, 2.05) is 26.0 Å². The second-order valence-electron chi connectivity index (χ2n) is 5.16. The van der Waals surface area contributed by atoms with Gasteiger partial charge in [0, 0.05) is 12.2 Å². The van der Waals surface area contributed by atoms with Gasteiger partial charge in [-0.1, -0.05) is 12.2 Å². The van der Waals surface area contributed by atoms with E-state index in [4.69, 9.17) is 9.47 Å². The molecule has 20 heavy (non-hydrogen) atoms. The molecule has 0 saturated carbocycles. The molecule has 0 saturated heterocycles. The van der Waals surface area contributed by atoms with Crippen LogP contribution in [0.5, 0.6) is 0 Å². The molecule has 0 amide bonds. The third-order valence-electron chi connectivity index (χ3n) is 3.11. The van der Waals surface area contributed by atoms with Gasteiger partial charge in [-0.05, 0) is 52.4 Å². The number of cyclic esters (lactones) is 2. The van der Waals surface area contributed by atoms with Gasteiger partial charge >= 0.3 is 11.9 Å². The standard InChI is InChI=1S/C16H24O4/c1-13-9-5-3-7-12-16(18)20-14(2)10-6-4-8-11-15(17)19-13/h7-8,11-14H,3-6,9-10H2,1-2H3/b11-8+,12-7+/t13-,14+. The van der Waals surface area contributed by atoms with E-state index in [0.717, 1.165) is 38.5 Å². The van der Waals surface area contributed by atoms with Gasteiger partial charge in [-0.15, -0.1) is 0 Å². The number of carbonyl (C=O) groups excluding carboxylic acids is 2. The average Bonchev–Trinajstić information content (AvgIpc) is 2.36. The van der Waals surface area contributed by atoms with Crippen LogP contribution in [0.25, 0.3) is 0 Å². The Balaban J connectivity index is 2.53. The molecule has 1 aliphatic heterocycles. The second-order valence-corrected chi connectivity index (χ2v) is 5.16. The molecule has 0 radical (unpaired) electrons. The van der Waals surface area contributed by atoms with Crippen molar-refractivity contribution >= 4 is 11.9 Å². The number of carbonyl (C=O) groups is 2. The largest absolute Gasteiger partial charge is 0.460 e. The van der Waals surface area contributed by atoms with Crippen molar-refractivity contribution in [2.24, 2.45) is 0 Å². The minimum Gasteiger partial charge on any atom is -0.460 e. The van der Waals surface area contributed by atoms with Crippen LogP contribution in [0.15, 0.2) is 24.3 Å². The summed E-state index contributed by atoms with van der Waals surface area (Å²) in [5, 5.41) is 0. The molecule has 112 valence electrons. The topological polar surface area (TPSA) is 52.6 Å². The summed E-state index contributed by atoms with van der Waals surface area (Å²) in [6.07, 6.45) is 11.3. The van der Waals surface area contributed by atoms with Crippen molar-refractivity contribution in [2.75, 3.05) is 0 Å². The number of esters is 2. The number of ether oxygens (including phenoxy) is 2. The minimum absolute atomic E-state index is 0.0968. The highest BCUT2D eigenvalue weighted by Gasteiger charge is 2.08. The highest BCUT2D eigenvalue weighted by atomic mass is 16.5. The predicted molar refractivity (Wildman–Crippen MR) is 77.1 cm³/mol. The molecule has 0 bridgehead atoms. The molecule has 2 atom stereocenters. The van der Waals surface area contributed by atoms with Crippen LogP contribution in [0, 0.1) is 0 Å². The first-order valence-corrected chi connectivity index (χ1v) is 7.32. The van der Waals surface area contributed by atoms with Gasteiger partial charge in [0.2, 0.25) is 0 Å². The lowest BCUT2D eigenvalue weighted by molar-refractivity contribution is -0.143. The molecule has 1 heterocycles. The van der Waals surface area contributed by atoms with Gasteiger partial charge in [0.15, 0.2) is 0 Å². The Morgan fingerprint density at radius 2 is 1.25 bits per heavy atom. The van der Waals surface area contributed by atoms with Gasteiger partial charge in [-0.2, -0.15) is 0 Å². The molecule has 0 aliphatic carbocycles. The molecule has 0 N–H and O–H groups in total. The SMILES string of the molecule is C[C@@H]1CCC/C=C/C(=O)O[C@@H](C)CCC/C=C/C(=O)O1. The molecule has 4 nitrogen and oxygen atoms in total. The summed E-state index contributed by atoms with van der Waals surface area (Å²) in [4.78, 5) is 23.0. The molecular formula is C16H24O4. The summed E-state index contributed by atoms with van der Waals surface area (Å²) in [5.41, 5.74) is 0. The Bertz CT molecular complexity index is 335. The second kappa shape index (κ2) is 9.34. The quantitative estimate of drug-likeness (QED) is 0.639. The Labute approximate surface area is 120 Å². The van der Waals surface area contributed by atoms with Crippen molar-refractivity contribution in [3.63, 3.8) is 0 Å². The molecule has 0 fully saturated rings. The van der Waals surface area contributed by atoms with Gasteiger partial charge < -0.3 is 9.47 Å². The van der Waals surface area contributed by atoms with Crippen molar-refractivity contribution in [3.8, 4) is 0 Å². The van der Waals surface area contributed by atoms with E-state index in [-0.39, 0.29) is 24.1 Å². The third-order valence-corrected chi connectivity index (χ3v) is 3.11. The van der Waals surface area contributed by atoms with Crippen LogP contribution in [0.4, 0.5) is 0 Å². The van der Waals surface area contributed by atoms with Crippen LogP contribution >= 0.6 is 0 Å². The maximum absolute atomic E-state index is 11.5. The lowest BCUT2D eigenvalue weighted by Gasteiger charge is -2.12. The van der Waals surface area contributed by atoms with E-state index in [9.17, 15) is 9.59 Å². The first kappa shape index (κ1) is 16.5. The molecule has 4 heteroatoms. The molecule has 0 aromatic carbocycles. The molecule has 0 aromatic rings. The van der Waals surface area contributed by atoms with Gasteiger partial charge in [0.1, 0.15) is 0 Å². The monoisotopic (exact) mass is 280 g/mol. The van der Waals surface area contributed by atoms with Crippen LogP contribution < -0.4 is 0 Å². The number of hydrogen-bond acceptors (Lipinski definition) is 4. The van der Waals surface area contributed by atoms with Gasteiger partial charge in [0.05, 0.1) is 12.2 Å². The summed E-state index contributed by atoms with van der Waals surface area (Å²) >= 11 is 0. The zero-order chi connectivity index (χ0) is 14.8. The van der Waals surface area contributed by atoms with E-state index in [0.29, 0.717) is 0 Å². The zero-order valence-electron chi connectivity index (χ0n) is 12.3. The lowest BCUT2D eigenvalue weighted by atomic mass is 10.1. The fraction of sp³-hybridized carbons (Fsp3) is 0.625. The van der Waals surface area contributed by atoms with Crippen LogP contribution in [-0.2, 0) is 19.1 Å². The summed E-state index contributed by atoms with van der Waals surface area (Å²) in [6, 6.07) is 0. The fourth-order valence-corrected chi connectivity index (χ4v) is 2.00. The van der Waals surface area contributed by atoms with E-state index >= 15 is 0 Å². The van der Waals surface area contributed by atoms with Crippen LogP contribution in [0.2, 0.25) is 0 Å². The average molecular weight is 280 g/mol. The van der Waals surface area contributed by atoms with Crippen molar-refractivity contribution in [1.29, 1.82) is 0 Å². The van der Waals surface area contributed by atoms with Crippen molar-refractivity contribution in [3.05, 3.63) is 24.3 Å². The molecule has 0 spiro atoms. The van der Waals surface area contributed by atoms with Crippen molar-refractivity contribution in [1.82, 2.24) is 0 Å². The smallest absolute Gasteiger partial charge is 0.330 e. The summed E-state index contributed by atoms with van der Waals surface area (Å²) in [5.74, 6) is -0.556. The van der Waals surface area contributed by atoms with Crippen molar-refractivity contribution < 1.29 is 19.1 Å². The first-order valence-electron chi connectivity index (χ1n) is 7.32. The minimum atomic E-state index is -0.278. The third kappa shape index (κ3) is 7.77. The maximum Gasteiger partial charge on any atom is 0.330 e. The highest BCUT2D eigenvalue weighted by Crippen LogP contribution is 2.09. The Hall–Kier alpha value is -1.58. The van der Waals surface area contributed by atoms with Gasteiger partial charge in [-0.25, -0.2) is 9.59 Å². The molecule has 0 unspecified atom stereocenters. The zero-order valence-corrected chi connectivity index (χ0v) is 12.3. The van der Waals surface area contributed by atoms with Gasteiger partial charge in [0.25, 0.3) is 0 Å². The summed E-state index contributed by atoms with van der Waals surface area (Å²) < 4.78 is 10.5.